The van der Waals surface area contributed by atoms with Crippen LogP contribution in [-0.2, 0) is 0 Å². The summed E-state index contributed by atoms with van der Waals surface area (Å²) in [6.07, 6.45) is 27.9. The van der Waals surface area contributed by atoms with Crippen molar-refractivity contribution in [2.45, 2.75) is 157 Å². The Morgan fingerprint density at radius 2 is 0.519 bits per heavy atom. The lowest BCUT2D eigenvalue weighted by Gasteiger charge is -2.11. The topological polar surface area (TPSA) is 0 Å². The third kappa shape index (κ3) is 24.0. The number of rotatable bonds is 21. The van der Waals surface area contributed by atoms with Crippen LogP contribution in [0, 0.1) is 17.8 Å². The second-order valence-corrected chi connectivity index (χ2v) is 10.4. The molecule has 0 amide bonds. The van der Waals surface area contributed by atoms with Crippen LogP contribution in [-0.4, -0.2) is 0 Å². The van der Waals surface area contributed by atoms with E-state index in [0.29, 0.717) is 0 Å². The van der Waals surface area contributed by atoms with Crippen molar-refractivity contribution in [3.63, 3.8) is 0 Å². The predicted octanol–water partition coefficient (Wildman–Crippen LogP) is 10.3. The first-order valence-corrected chi connectivity index (χ1v) is 13.0. The Morgan fingerprint density at radius 1 is 0.296 bits per heavy atom. The molecular formula is C27H56. The Labute approximate surface area is 174 Å². The van der Waals surface area contributed by atoms with Crippen LogP contribution >= 0.6 is 0 Å². The monoisotopic (exact) mass is 380 g/mol. The van der Waals surface area contributed by atoms with E-state index in [-0.39, 0.29) is 0 Å². The van der Waals surface area contributed by atoms with Crippen LogP contribution in [0.25, 0.3) is 0 Å². The van der Waals surface area contributed by atoms with Crippen LogP contribution in [0.5, 0.6) is 0 Å². The van der Waals surface area contributed by atoms with E-state index < -0.39 is 0 Å². The second-order valence-electron chi connectivity index (χ2n) is 10.4. The summed E-state index contributed by atoms with van der Waals surface area (Å²) in [5.74, 6) is 2.75. The lowest BCUT2D eigenvalue weighted by atomic mass is 9.95. The zero-order valence-corrected chi connectivity index (χ0v) is 20.2. The molecule has 0 aromatic rings. The molecule has 0 aliphatic heterocycles. The van der Waals surface area contributed by atoms with Crippen molar-refractivity contribution in [3.05, 3.63) is 0 Å². The molecule has 0 rings (SSSR count). The van der Waals surface area contributed by atoms with Gasteiger partial charge in [-0.3, -0.25) is 0 Å². The Morgan fingerprint density at radius 3 is 0.778 bits per heavy atom. The van der Waals surface area contributed by atoms with Gasteiger partial charge in [-0.25, -0.2) is 0 Å². The summed E-state index contributed by atoms with van der Waals surface area (Å²) in [5, 5.41) is 0. The van der Waals surface area contributed by atoms with E-state index in [2.05, 4.69) is 34.6 Å². The Hall–Kier alpha value is 0. The van der Waals surface area contributed by atoms with Crippen molar-refractivity contribution in [1.82, 2.24) is 0 Å². The summed E-state index contributed by atoms with van der Waals surface area (Å²) in [7, 11) is 0. The highest BCUT2D eigenvalue weighted by Crippen LogP contribution is 2.19. The van der Waals surface area contributed by atoms with Gasteiger partial charge in [-0.2, -0.15) is 0 Å². The summed E-state index contributed by atoms with van der Waals surface area (Å²) < 4.78 is 0. The van der Waals surface area contributed by atoms with Gasteiger partial charge in [0.15, 0.2) is 0 Å². The standard InChI is InChI=1S/C27H56/c1-25(2)21-17-13-10-8-6-7-9-11-15-19-23-27(5)24-20-16-12-14-18-22-26(3)4/h25-27H,6-24H2,1-5H3/t27-/m1/s1. The molecule has 0 radical (unpaired) electrons. The first-order chi connectivity index (χ1) is 13.0. The molecule has 0 heteroatoms. The summed E-state index contributed by atoms with van der Waals surface area (Å²) in [4.78, 5) is 0. The van der Waals surface area contributed by atoms with Crippen LogP contribution in [0.4, 0.5) is 0 Å². The zero-order chi connectivity index (χ0) is 20.2. The molecule has 0 unspecified atom stereocenters. The summed E-state index contributed by atoms with van der Waals surface area (Å²) in [5.41, 5.74) is 0. The fourth-order valence-electron chi connectivity index (χ4n) is 4.18. The van der Waals surface area contributed by atoms with Gasteiger partial charge in [0.05, 0.1) is 0 Å². The maximum Gasteiger partial charge on any atom is -0.0443 e. The molecule has 0 heterocycles. The van der Waals surface area contributed by atoms with E-state index in [0.717, 1.165) is 17.8 Å². The molecule has 0 N–H and O–H groups in total. The molecule has 0 nitrogen and oxygen atoms in total. The average molecular weight is 381 g/mol. The van der Waals surface area contributed by atoms with E-state index in [4.69, 9.17) is 0 Å². The van der Waals surface area contributed by atoms with Gasteiger partial charge in [0.1, 0.15) is 0 Å². The largest absolute Gasteiger partial charge is 0.0628 e. The van der Waals surface area contributed by atoms with Crippen LogP contribution in [0.1, 0.15) is 157 Å². The van der Waals surface area contributed by atoms with Crippen molar-refractivity contribution in [1.29, 1.82) is 0 Å². The number of hydrogen-bond donors (Lipinski definition) is 0. The van der Waals surface area contributed by atoms with Crippen LogP contribution < -0.4 is 0 Å². The molecule has 0 saturated carbocycles. The van der Waals surface area contributed by atoms with Crippen molar-refractivity contribution in [3.8, 4) is 0 Å². The quantitative estimate of drug-likeness (QED) is 0.174. The zero-order valence-electron chi connectivity index (χ0n) is 20.2. The molecule has 0 saturated heterocycles. The Kier molecular flexibility index (Phi) is 20.7. The molecule has 0 fully saturated rings. The van der Waals surface area contributed by atoms with Gasteiger partial charge in [0, 0.05) is 0 Å². The summed E-state index contributed by atoms with van der Waals surface area (Å²) >= 11 is 0. The molecule has 27 heavy (non-hydrogen) atoms. The van der Waals surface area contributed by atoms with Crippen molar-refractivity contribution in [2.24, 2.45) is 17.8 Å². The highest BCUT2D eigenvalue weighted by Gasteiger charge is 2.02. The van der Waals surface area contributed by atoms with Gasteiger partial charge >= 0.3 is 0 Å². The lowest BCUT2D eigenvalue weighted by molar-refractivity contribution is 0.428. The van der Waals surface area contributed by atoms with Gasteiger partial charge in [0.2, 0.25) is 0 Å². The minimum absolute atomic E-state index is 0.893. The maximum absolute atomic E-state index is 2.48. The van der Waals surface area contributed by atoms with Gasteiger partial charge in [-0.15, -0.1) is 0 Å². The normalized spacial score (nSPS) is 13.0. The summed E-state index contributed by atoms with van der Waals surface area (Å²) in [6, 6.07) is 0. The molecule has 0 spiro atoms. The minimum Gasteiger partial charge on any atom is -0.0628 e. The van der Waals surface area contributed by atoms with Crippen molar-refractivity contribution >= 4 is 0 Å². The average Bonchev–Trinajstić information content (AvgIpc) is 2.61. The molecular weight excluding hydrogens is 324 g/mol. The number of unbranched alkanes of at least 4 members (excludes halogenated alkanes) is 13. The third-order valence-corrected chi connectivity index (χ3v) is 6.21. The van der Waals surface area contributed by atoms with Crippen LogP contribution in [0.2, 0.25) is 0 Å². The van der Waals surface area contributed by atoms with Crippen molar-refractivity contribution < 1.29 is 0 Å². The SMILES string of the molecule is CC(C)CCCCCCCCCCCC[C@@H](C)CCCCCCCC(C)C. The molecule has 1 atom stereocenters. The Balaban J connectivity index is 3.15. The fraction of sp³-hybridized carbons (Fsp3) is 1.00. The molecule has 0 aromatic carbocycles. The molecule has 164 valence electrons. The fourth-order valence-corrected chi connectivity index (χ4v) is 4.18. The van der Waals surface area contributed by atoms with E-state index in [9.17, 15) is 0 Å². The van der Waals surface area contributed by atoms with E-state index in [1.54, 1.807) is 0 Å². The van der Waals surface area contributed by atoms with E-state index in [1.807, 2.05) is 0 Å². The smallest absolute Gasteiger partial charge is 0.0443 e. The first kappa shape index (κ1) is 27.0. The molecule has 0 aliphatic rings. The molecule has 0 bridgehead atoms. The summed E-state index contributed by atoms with van der Waals surface area (Å²) in [6.45, 7) is 11.9. The lowest BCUT2D eigenvalue weighted by Crippen LogP contribution is -1.95. The highest BCUT2D eigenvalue weighted by molar-refractivity contribution is 4.56. The second kappa shape index (κ2) is 20.7. The van der Waals surface area contributed by atoms with Gasteiger partial charge in [0.25, 0.3) is 0 Å². The minimum atomic E-state index is 0.893. The highest BCUT2D eigenvalue weighted by atomic mass is 14.1. The van der Waals surface area contributed by atoms with Crippen molar-refractivity contribution in [2.75, 3.05) is 0 Å². The van der Waals surface area contributed by atoms with Crippen LogP contribution in [0.3, 0.4) is 0 Å². The van der Waals surface area contributed by atoms with Gasteiger partial charge < -0.3 is 0 Å². The van der Waals surface area contributed by atoms with E-state index >= 15 is 0 Å². The first-order valence-electron chi connectivity index (χ1n) is 13.0. The molecule has 0 aromatic heterocycles. The third-order valence-electron chi connectivity index (χ3n) is 6.21. The predicted molar refractivity (Wildman–Crippen MR) is 127 cm³/mol. The van der Waals surface area contributed by atoms with Gasteiger partial charge in [-0.1, -0.05) is 157 Å². The van der Waals surface area contributed by atoms with Crippen LogP contribution in [0.15, 0.2) is 0 Å². The Bertz CT molecular complexity index is 265. The molecule has 0 aliphatic carbocycles. The van der Waals surface area contributed by atoms with E-state index in [1.165, 1.54) is 122 Å². The maximum atomic E-state index is 2.48. The van der Waals surface area contributed by atoms with Gasteiger partial charge in [-0.05, 0) is 17.8 Å². The number of hydrogen-bond acceptors (Lipinski definition) is 0.